The minimum atomic E-state index is -0.468. The highest BCUT2D eigenvalue weighted by Crippen LogP contribution is 2.16. The van der Waals surface area contributed by atoms with Crippen molar-refractivity contribution in [1.29, 1.82) is 0 Å². The van der Waals surface area contributed by atoms with E-state index in [9.17, 15) is 5.11 Å². The molecule has 0 saturated carbocycles. The monoisotopic (exact) mass is 375 g/mol. The summed E-state index contributed by atoms with van der Waals surface area (Å²) in [6.45, 7) is 3.32. The van der Waals surface area contributed by atoms with Gasteiger partial charge in [-0.15, -0.1) is 0 Å². The zero-order valence-corrected chi connectivity index (χ0v) is 16.4. The Morgan fingerprint density at radius 2 is 1.46 bits per heavy atom. The molecule has 0 aliphatic rings. The number of nitrogens with one attached hydrogen (secondary N) is 1. The van der Waals surface area contributed by atoms with Gasteiger partial charge in [0.05, 0.1) is 6.10 Å². The lowest BCUT2D eigenvalue weighted by atomic mass is 10.1. The molecule has 3 nitrogen and oxygen atoms in total. The van der Waals surface area contributed by atoms with E-state index < -0.39 is 6.10 Å². The van der Waals surface area contributed by atoms with E-state index in [2.05, 4.69) is 36.5 Å². The lowest BCUT2D eigenvalue weighted by Crippen LogP contribution is -2.30. The first kappa shape index (κ1) is 20.1. The van der Waals surface area contributed by atoms with Crippen LogP contribution in [0.5, 0.6) is 5.75 Å². The molecule has 0 spiro atoms. The van der Waals surface area contributed by atoms with Gasteiger partial charge in [-0.2, -0.15) is 0 Å². The van der Waals surface area contributed by atoms with Crippen LogP contribution >= 0.6 is 0 Å². The van der Waals surface area contributed by atoms with Crippen LogP contribution in [-0.2, 0) is 13.0 Å². The molecule has 3 aromatic carbocycles. The van der Waals surface area contributed by atoms with E-state index in [-0.39, 0.29) is 0 Å². The Labute approximate surface area is 168 Å². The molecule has 3 rings (SSSR count). The van der Waals surface area contributed by atoms with Gasteiger partial charge in [0.1, 0.15) is 12.4 Å². The van der Waals surface area contributed by atoms with Crippen LogP contribution in [0.1, 0.15) is 36.1 Å². The van der Waals surface area contributed by atoms with E-state index in [0.29, 0.717) is 19.2 Å². The maximum absolute atomic E-state index is 10.2. The van der Waals surface area contributed by atoms with Crippen LogP contribution in [0.25, 0.3) is 0 Å². The summed E-state index contributed by atoms with van der Waals surface area (Å²) < 4.78 is 5.84. The summed E-state index contributed by atoms with van der Waals surface area (Å²) in [7, 11) is 0. The Balaban J connectivity index is 1.38. The highest BCUT2D eigenvalue weighted by atomic mass is 16.5. The molecule has 2 unspecified atom stereocenters. The molecule has 0 amide bonds. The van der Waals surface area contributed by atoms with E-state index >= 15 is 0 Å². The van der Waals surface area contributed by atoms with Gasteiger partial charge < -0.3 is 15.2 Å². The Morgan fingerprint density at radius 1 is 0.821 bits per heavy atom. The lowest BCUT2D eigenvalue weighted by Gasteiger charge is -2.17. The quantitative estimate of drug-likeness (QED) is 0.529. The molecule has 0 aliphatic carbocycles. The summed E-state index contributed by atoms with van der Waals surface area (Å²) in [5.74, 6) is 0.893. The van der Waals surface area contributed by atoms with Crippen LogP contribution in [0.15, 0.2) is 84.9 Å². The molecule has 0 radical (unpaired) electrons. The maximum atomic E-state index is 10.2. The maximum Gasteiger partial charge on any atom is 0.119 e. The first-order chi connectivity index (χ1) is 13.7. The largest absolute Gasteiger partial charge is 0.489 e. The summed E-state index contributed by atoms with van der Waals surface area (Å²) in [6.07, 6.45) is 1.55. The zero-order chi connectivity index (χ0) is 19.6. The first-order valence-corrected chi connectivity index (χ1v) is 9.93. The van der Waals surface area contributed by atoms with E-state index in [1.807, 2.05) is 60.7 Å². The molecule has 0 aromatic heterocycles. The predicted molar refractivity (Wildman–Crippen MR) is 114 cm³/mol. The van der Waals surface area contributed by atoms with Crippen molar-refractivity contribution in [2.75, 3.05) is 6.54 Å². The second-order valence-corrected chi connectivity index (χ2v) is 7.19. The second kappa shape index (κ2) is 10.6. The fraction of sp³-hybridized carbons (Fsp3) is 0.280. The van der Waals surface area contributed by atoms with Crippen molar-refractivity contribution in [1.82, 2.24) is 5.32 Å². The topological polar surface area (TPSA) is 41.5 Å². The third-order valence-corrected chi connectivity index (χ3v) is 4.88. The Bertz CT molecular complexity index is 803. The molecular weight excluding hydrogens is 346 g/mol. The molecule has 28 heavy (non-hydrogen) atoms. The van der Waals surface area contributed by atoms with Gasteiger partial charge in [-0.1, -0.05) is 72.8 Å². The van der Waals surface area contributed by atoms with Crippen LogP contribution in [0.2, 0.25) is 0 Å². The minimum absolute atomic E-state index is 0.340. The van der Waals surface area contributed by atoms with Gasteiger partial charge in [0.25, 0.3) is 0 Å². The molecule has 3 heteroatoms. The van der Waals surface area contributed by atoms with Gasteiger partial charge in [0, 0.05) is 12.6 Å². The SMILES string of the molecule is CC(CCc1ccc(OCc2ccccc2)cc1)NCC(O)c1ccccc1. The molecule has 0 saturated heterocycles. The van der Waals surface area contributed by atoms with Gasteiger partial charge in [-0.3, -0.25) is 0 Å². The van der Waals surface area contributed by atoms with E-state index in [0.717, 1.165) is 24.2 Å². The van der Waals surface area contributed by atoms with Crippen molar-refractivity contribution >= 4 is 0 Å². The Morgan fingerprint density at radius 3 is 2.14 bits per heavy atom. The third-order valence-electron chi connectivity index (χ3n) is 4.88. The highest BCUT2D eigenvalue weighted by molar-refractivity contribution is 5.28. The molecule has 0 heterocycles. The van der Waals surface area contributed by atoms with Crippen LogP contribution in [0.4, 0.5) is 0 Å². The smallest absolute Gasteiger partial charge is 0.119 e. The predicted octanol–water partition coefficient (Wildman–Crippen LogP) is 4.91. The highest BCUT2D eigenvalue weighted by Gasteiger charge is 2.09. The van der Waals surface area contributed by atoms with Crippen LogP contribution < -0.4 is 10.1 Å². The van der Waals surface area contributed by atoms with E-state index in [4.69, 9.17) is 4.74 Å². The lowest BCUT2D eigenvalue weighted by molar-refractivity contribution is 0.170. The van der Waals surface area contributed by atoms with Gasteiger partial charge in [-0.05, 0) is 48.6 Å². The van der Waals surface area contributed by atoms with Crippen molar-refractivity contribution in [3.63, 3.8) is 0 Å². The molecule has 2 atom stereocenters. The van der Waals surface area contributed by atoms with Crippen molar-refractivity contribution in [2.24, 2.45) is 0 Å². The molecule has 0 fully saturated rings. The molecule has 3 aromatic rings. The van der Waals surface area contributed by atoms with Gasteiger partial charge in [0.15, 0.2) is 0 Å². The van der Waals surface area contributed by atoms with Gasteiger partial charge in [-0.25, -0.2) is 0 Å². The summed E-state index contributed by atoms with van der Waals surface area (Å²) >= 11 is 0. The average Bonchev–Trinajstić information content (AvgIpc) is 2.76. The zero-order valence-electron chi connectivity index (χ0n) is 16.4. The molecular formula is C25H29NO2. The van der Waals surface area contributed by atoms with Crippen LogP contribution in [0.3, 0.4) is 0 Å². The molecule has 0 bridgehead atoms. The van der Waals surface area contributed by atoms with Crippen LogP contribution in [-0.4, -0.2) is 17.7 Å². The summed E-state index contributed by atoms with van der Waals surface area (Å²) in [5.41, 5.74) is 3.42. The van der Waals surface area contributed by atoms with Crippen molar-refractivity contribution in [3.05, 3.63) is 102 Å². The minimum Gasteiger partial charge on any atom is -0.489 e. The van der Waals surface area contributed by atoms with Crippen molar-refractivity contribution < 1.29 is 9.84 Å². The number of aryl methyl sites for hydroxylation is 1. The number of hydrogen-bond donors (Lipinski definition) is 2. The Hall–Kier alpha value is -2.62. The number of hydrogen-bond acceptors (Lipinski definition) is 3. The molecule has 0 aliphatic heterocycles. The average molecular weight is 376 g/mol. The number of benzene rings is 3. The Kier molecular flexibility index (Phi) is 7.65. The number of aliphatic hydroxyl groups excluding tert-OH is 1. The van der Waals surface area contributed by atoms with Gasteiger partial charge >= 0.3 is 0 Å². The normalized spacial score (nSPS) is 13.1. The number of rotatable bonds is 10. The fourth-order valence-corrected chi connectivity index (χ4v) is 3.08. The molecule has 2 N–H and O–H groups in total. The van der Waals surface area contributed by atoms with Crippen molar-refractivity contribution in [3.8, 4) is 5.75 Å². The van der Waals surface area contributed by atoms with E-state index in [1.54, 1.807) is 0 Å². The van der Waals surface area contributed by atoms with Crippen molar-refractivity contribution in [2.45, 2.75) is 38.5 Å². The fourth-order valence-electron chi connectivity index (χ4n) is 3.08. The number of ether oxygens (including phenoxy) is 1. The molecule has 146 valence electrons. The van der Waals surface area contributed by atoms with E-state index in [1.165, 1.54) is 11.1 Å². The first-order valence-electron chi connectivity index (χ1n) is 9.93. The standard InChI is InChI=1S/C25H29NO2/c1-20(26-18-25(27)23-10-6-3-7-11-23)12-13-21-14-16-24(17-15-21)28-19-22-8-4-2-5-9-22/h2-11,14-17,20,25-27H,12-13,18-19H2,1H3. The summed E-state index contributed by atoms with van der Waals surface area (Å²) in [4.78, 5) is 0. The van der Waals surface area contributed by atoms with Crippen LogP contribution in [0, 0.1) is 0 Å². The summed E-state index contributed by atoms with van der Waals surface area (Å²) in [6, 6.07) is 28.7. The second-order valence-electron chi connectivity index (χ2n) is 7.19. The third kappa shape index (κ3) is 6.52. The number of aliphatic hydroxyl groups is 1. The van der Waals surface area contributed by atoms with Gasteiger partial charge in [0.2, 0.25) is 0 Å². The summed E-state index contributed by atoms with van der Waals surface area (Å²) in [5, 5.41) is 13.7.